The number of hydrogen-bond donors (Lipinski definition) is 1. The molecule has 1 aliphatic heterocycles. The van der Waals surface area contributed by atoms with E-state index in [2.05, 4.69) is 9.88 Å². The second-order valence-electron chi connectivity index (χ2n) is 5.64. The van der Waals surface area contributed by atoms with Crippen LogP contribution in [-0.4, -0.2) is 71.8 Å². The van der Waals surface area contributed by atoms with E-state index in [9.17, 15) is 9.90 Å². The molecule has 2 atom stereocenters. The van der Waals surface area contributed by atoms with Crippen molar-refractivity contribution in [3.05, 3.63) is 16.1 Å². The molecular weight excluding hydrogens is 290 g/mol. The van der Waals surface area contributed by atoms with Gasteiger partial charge in [0.15, 0.2) is 0 Å². The number of hydrogen-bond acceptors (Lipinski definition) is 6. The Labute approximate surface area is 129 Å². The number of aliphatic hydroxyl groups is 1. The van der Waals surface area contributed by atoms with E-state index in [0.717, 1.165) is 23.8 Å². The van der Waals surface area contributed by atoms with Gasteiger partial charge in [-0.15, -0.1) is 11.3 Å². The first-order valence-corrected chi connectivity index (χ1v) is 7.98. The number of carbonyl (C=O) groups excluding carboxylic acids is 1. The molecule has 0 aromatic carbocycles. The molecular formula is C14H23N3O3S. The summed E-state index contributed by atoms with van der Waals surface area (Å²) in [6.07, 6.45) is 0.350. The molecule has 0 spiro atoms. The van der Waals surface area contributed by atoms with Gasteiger partial charge in [-0.2, -0.15) is 0 Å². The van der Waals surface area contributed by atoms with E-state index < -0.39 is 0 Å². The molecule has 1 aromatic heterocycles. The van der Waals surface area contributed by atoms with Gasteiger partial charge >= 0.3 is 0 Å². The quantitative estimate of drug-likeness (QED) is 0.850. The summed E-state index contributed by atoms with van der Waals surface area (Å²) in [6, 6.07) is 0. The smallest absolute Gasteiger partial charge is 0.228 e. The summed E-state index contributed by atoms with van der Waals surface area (Å²) in [5.41, 5.74) is 0.979. The third-order valence-corrected chi connectivity index (χ3v) is 4.29. The number of thiazole rings is 1. The molecule has 0 saturated carbocycles. The average molecular weight is 313 g/mol. The van der Waals surface area contributed by atoms with Crippen molar-refractivity contribution in [1.29, 1.82) is 0 Å². The van der Waals surface area contributed by atoms with Crippen LogP contribution in [0.25, 0.3) is 0 Å². The lowest BCUT2D eigenvalue weighted by Crippen LogP contribution is -2.47. The van der Waals surface area contributed by atoms with Crippen LogP contribution in [0.5, 0.6) is 0 Å². The van der Waals surface area contributed by atoms with Gasteiger partial charge in [0.2, 0.25) is 5.91 Å². The van der Waals surface area contributed by atoms with Crippen molar-refractivity contribution >= 4 is 17.2 Å². The number of rotatable bonds is 5. The van der Waals surface area contributed by atoms with E-state index in [0.29, 0.717) is 13.0 Å². The van der Waals surface area contributed by atoms with Crippen LogP contribution in [0.3, 0.4) is 0 Å². The first-order chi connectivity index (χ1) is 9.97. The van der Waals surface area contributed by atoms with E-state index in [1.54, 1.807) is 19.0 Å². The molecule has 2 heterocycles. The summed E-state index contributed by atoms with van der Waals surface area (Å²) in [5, 5.41) is 12.1. The van der Waals surface area contributed by atoms with Crippen molar-refractivity contribution in [2.75, 3.05) is 33.8 Å². The molecule has 1 N–H and O–H groups in total. The van der Waals surface area contributed by atoms with Crippen LogP contribution in [0.15, 0.2) is 5.38 Å². The maximum absolute atomic E-state index is 11.7. The molecule has 0 bridgehead atoms. The second kappa shape index (κ2) is 7.31. The number of aliphatic hydroxyl groups excluding tert-OH is 1. The highest BCUT2D eigenvalue weighted by Gasteiger charge is 2.25. The molecule has 1 aromatic rings. The number of carbonyl (C=O) groups is 1. The van der Waals surface area contributed by atoms with Gasteiger partial charge in [-0.05, 0) is 6.92 Å². The standard InChI is InChI=1S/C14H23N3O3S/c1-10-5-17(7-12(8-18)20-10)6-11-9-21-13(15-11)4-14(19)16(2)3/h9-10,12,18H,4-8H2,1-3H3. The Balaban J connectivity index is 1.91. The van der Waals surface area contributed by atoms with Crippen LogP contribution in [0.4, 0.5) is 0 Å². The number of ether oxygens (including phenoxy) is 1. The van der Waals surface area contributed by atoms with Crippen LogP contribution >= 0.6 is 11.3 Å². The monoisotopic (exact) mass is 313 g/mol. The Kier molecular flexibility index (Phi) is 5.69. The Morgan fingerprint density at radius 2 is 2.33 bits per heavy atom. The molecule has 1 amide bonds. The molecule has 1 aliphatic rings. The molecule has 2 rings (SSSR count). The van der Waals surface area contributed by atoms with Gasteiger partial charge in [-0.25, -0.2) is 4.98 Å². The van der Waals surface area contributed by atoms with Crippen molar-refractivity contribution in [2.45, 2.75) is 32.1 Å². The lowest BCUT2D eigenvalue weighted by Gasteiger charge is -2.35. The summed E-state index contributed by atoms with van der Waals surface area (Å²) >= 11 is 1.53. The van der Waals surface area contributed by atoms with Gasteiger partial charge in [0.25, 0.3) is 0 Å². The van der Waals surface area contributed by atoms with Crippen molar-refractivity contribution in [3.8, 4) is 0 Å². The minimum absolute atomic E-state index is 0.0422. The number of amides is 1. The van der Waals surface area contributed by atoms with E-state index in [-0.39, 0.29) is 24.7 Å². The normalized spacial score (nSPS) is 23.2. The largest absolute Gasteiger partial charge is 0.394 e. The minimum atomic E-state index is -0.123. The molecule has 1 saturated heterocycles. The van der Waals surface area contributed by atoms with Gasteiger partial charge < -0.3 is 14.7 Å². The molecule has 21 heavy (non-hydrogen) atoms. The first kappa shape index (κ1) is 16.4. The summed E-state index contributed by atoms with van der Waals surface area (Å²) < 4.78 is 5.63. The maximum Gasteiger partial charge on any atom is 0.228 e. The van der Waals surface area contributed by atoms with E-state index in [1.807, 2.05) is 12.3 Å². The molecule has 118 valence electrons. The Morgan fingerprint density at radius 3 is 3.00 bits per heavy atom. The van der Waals surface area contributed by atoms with Gasteiger partial charge in [0.1, 0.15) is 5.01 Å². The van der Waals surface area contributed by atoms with Gasteiger partial charge in [0, 0.05) is 39.1 Å². The number of morpholine rings is 1. The molecule has 2 unspecified atom stereocenters. The number of nitrogens with zero attached hydrogens (tertiary/aromatic N) is 3. The lowest BCUT2D eigenvalue weighted by atomic mass is 10.2. The maximum atomic E-state index is 11.7. The second-order valence-corrected chi connectivity index (χ2v) is 6.59. The summed E-state index contributed by atoms with van der Waals surface area (Å²) in [6.45, 7) is 4.33. The van der Waals surface area contributed by atoms with Gasteiger partial charge in [0.05, 0.1) is 30.9 Å². The minimum Gasteiger partial charge on any atom is -0.394 e. The SMILES string of the molecule is CC1CN(Cc2csc(CC(=O)N(C)C)n2)CC(CO)O1. The van der Waals surface area contributed by atoms with Crippen LogP contribution in [0.2, 0.25) is 0 Å². The van der Waals surface area contributed by atoms with E-state index in [4.69, 9.17) is 4.74 Å². The number of likely N-dealkylation sites (N-methyl/N-ethyl adjacent to an activating group) is 1. The van der Waals surface area contributed by atoms with Crippen LogP contribution < -0.4 is 0 Å². The van der Waals surface area contributed by atoms with Crippen molar-refractivity contribution in [1.82, 2.24) is 14.8 Å². The first-order valence-electron chi connectivity index (χ1n) is 7.10. The van der Waals surface area contributed by atoms with Crippen LogP contribution in [0, 0.1) is 0 Å². The Hall–Kier alpha value is -1.02. The Morgan fingerprint density at radius 1 is 1.57 bits per heavy atom. The molecule has 7 heteroatoms. The fraction of sp³-hybridized carbons (Fsp3) is 0.714. The van der Waals surface area contributed by atoms with Gasteiger partial charge in [-0.1, -0.05) is 0 Å². The van der Waals surface area contributed by atoms with E-state index >= 15 is 0 Å². The fourth-order valence-electron chi connectivity index (χ4n) is 2.39. The third kappa shape index (κ3) is 4.74. The van der Waals surface area contributed by atoms with Crippen LogP contribution in [-0.2, 0) is 22.5 Å². The van der Waals surface area contributed by atoms with Crippen LogP contribution in [0.1, 0.15) is 17.6 Å². The summed E-state index contributed by atoms with van der Waals surface area (Å²) in [4.78, 5) is 20.0. The zero-order valence-corrected chi connectivity index (χ0v) is 13.6. The predicted octanol–water partition coefficient (Wildman–Crippen LogP) is 0.355. The Bertz CT molecular complexity index is 478. The molecule has 1 fully saturated rings. The molecule has 6 nitrogen and oxygen atoms in total. The average Bonchev–Trinajstić information content (AvgIpc) is 2.85. The summed E-state index contributed by atoms with van der Waals surface area (Å²) in [7, 11) is 3.50. The lowest BCUT2D eigenvalue weighted by molar-refractivity contribution is -0.127. The van der Waals surface area contributed by atoms with E-state index in [1.165, 1.54) is 11.3 Å². The van der Waals surface area contributed by atoms with Crippen molar-refractivity contribution < 1.29 is 14.6 Å². The third-order valence-electron chi connectivity index (χ3n) is 3.39. The topological polar surface area (TPSA) is 65.9 Å². The highest BCUT2D eigenvalue weighted by atomic mass is 32.1. The molecule has 0 aliphatic carbocycles. The summed E-state index contributed by atoms with van der Waals surface area (Å²) in [5.74, 6) is 0.0660. The van der Waals surface area contributed by atoms with Gasteiger partial charge in [-0.3, -0.25) is 9.69 Å². The highest BCUT2D eigenvalue weighted by molar-refractivity contribution is 7.09. The van der Waals surface area contributed by atoms with Crippen molar-refractivity contribution in [3.63, 3.8) is 0 Å². The fourth-order valence-corrected chi connectivity index (χ4v) is 3.17. The van der Waals surface area contributed by atoms with Crippen molar-refractivity contribution in [2.24, 2.45) is 0 Å². The zero-order chi connectivity index (χ0) is 15.4. The predicted molar refractivity (Wildman–Crippen MR) is 81.2 cm³/mol. The molecule has 0 radical (unpaired) electrons. The zero-order valence-electron chi connectivity index (χ0n) is 12.8. The highest BCUT2D eigenvalue weighted by Crippen LogP contribution is 2.17. The number of aromatic nitrogens is 1.